The molecule has 0 aromatic heterocycles. The van der Waals surface area contributed by atoms with Gasteiger partial charge in [0.05, 0.1) is 12.5 Å². The molecule has 0 spiro atoms. The molecule has 0 aliphatic rings. The second kappa shape index (κ2) is 7.25. The van der Waals surface area contributed by atoms with Crippen LogP contribution in [0.2, 0.25) is 0 Å². The number of ether oxygens (including phenoxy) is 1. The van der Waals surface area contributed by atoms with E-state index < -0.39 is 5.97 Å². The molecule has 0 saturated carbocycles. The average Bonchev–Trinajstić information content (AvgIpc) is 2.14. The second-order valence-corrected chi connectivity index (χ2v) is 4.72. The van der Waals surface area contributed by atoms with Crippen LogP contribution >= 0.6 is 0 Å². The molecule has 0 aliphatic carbocycles. The van der Waals surface area contributed by atoms with Crippen LogP contribution in [0.15, 0.2) is 0 Å². The highest BCUT2D eigenvalue weighted by molar-refractivity contribution is 5.69. The summed E-state index contributed by atoms with van der Waals surface area (Å²) in [7, 11) is 0. The van der Waals surface area contributed by atoms with Crippen molar-refractivity contribution in [2.75, 3.05) is 6.61 Å². The van der Waals surface area contributed by atoms with Crippen LogP contribution in [0.25, 0.3) is 0 Å². The number of aliphatic carboxylic acids is 1. The first-order chi connectivity index (χ1) is 7.32. The molecule has 0 rings (SSSR count). The number of esters is 1. The molecule has 0 unspecified atom stereocenters. The minimum atomic E-state index is -0.750. The predicted molar refractivity (Wildman–Crippen MR) is 61.0 cm³/mol. The maximum atomic E-state index is 10.7. The first kappa shape index (κ1) is 14.9. The van der Waals surface area contributed by atoms with E-state index in [0.29, 0.717) is 18.9 Å². The molecule has 0 bridgehead atoms. The highest BCUT2D eigenvalue weighted by atomic mass is 16.5. The molecule has 94 valence electrons. The third-order valence-electron chi connectivity index (χ3n) is 2.55. The van der Waals surface area contributed by atoms with E-state index in [9.17, 15) is 9.59 Å². The van der Waals surface area contributed by atoms with Gasteiger partial charge in [-0.2, -0.15) is 0 Å². The van der Waals surface area contributed by atoms with Gasteiger partial charge in [0.25, 0.3) is 0 Å². The fraction of sp³-hybridized carbons (Fsp3) is 0.833. The molecule has 0 aromatic carbocycles. The van der Waals surface area contributed by atoms with Crippen LogP contribution < -0.4 is 0 Å². The second-order valence-electron chi connectivity index (χ2n) is 4.72. The van der Waals surface area contributed by atoms with Crippen LogP contribution in [-0.4, -0.2) is 23.7 Å². The summed E-state index contributed by atoms with van der Waals surface area (Å²) in [6, 6.07) is 0. The number of carboxylic acid groups (broad SMARTS) is 1. The quantitative estimate of drug-likeness (QED) is 0.682. The lowest BCUT2D eigenvalue weighted by molar-refractivity contribution is -0.142. The zero-order chi connectivity index (χ0) is 12.7. The summed E-state index contributed by atoms with van der Waals surface area (Å²) in [5, 5.41) is 8.77. The Balaban J connectivity index is 3.81. The Bertz CT molecular complexity index is 237. The van der Waals surface area contributed by atoms with Crippen molar-refractivity contribution in [3.05, 3.63) is 0 Å². The van der Waals surface area contributed by atoms with Gasteiger partial charge >= 0.3 is 11.9 Å². The van der Waals surface area contributed by atoms with Crippen molar-refractivity contribution in [1.29, 1.82) is 0 Å². The van der Waals surface area contributed by atoms with Crippen LogP contribution in [0.3, 0.4) is 0 Å². The SMILES string of the molecule is CC(=O)OC[C@@H](C)C[C@@H](C)C[C@H](C)C(=O)O. The van der Waals surface area contributed by atoms with Gasteiger partial charge in [0.15, 0.2) is 0 Å². The normalized spacial score (nSPS) is 16.2. The molecular weight excluding hydrogens is 208 g/mol. The zero-order valence-corrected chi connectivity index (χ0v) is 10.5. The Morgan fingerprint density at radius 2 is 1.69 bits per heavy atom. The third kappa shape index (κ3) is 7.26. The van der Waals surface area contributed by atoms with Crippen molar-refractivity contribution in [3.8, 4) is 0 Å². The summed E-state index contributed by atoms with van der Waals surface area (Å²) in [4.78, 5) is 21.3. The van der Waals surface area contributed by atoms with Gasteiger partial charge in [0, 0.05) is 6.92 Å². The van der Waals surface area contributed by atoms with Crippen molar-refractivity contribution < 1.29 is 19.4 Å². The van der Waals surface area contributed by atoms with E-state index in [-0.39, 0.29) is 17.8 Å². The zero-order valence-electron chi connectivity index (χ0n) is 10.5. The molecule has 0 fully saturated rings. The molecule has 0 aromatic rings. The van der Waals surface area contributed by atoms with Crippen LogP contribution in [0.5, 0.6) is 0 Å². The van der Waals surface area contributed by atoms with E-state index >= 15 is 0 Å². The van der Waals surface area contributed by atoms with Gasteiger partial charge in [-0.1, -0.05) is 20.8 Å². The highest BCUT2D eigenvalue weighted by Crippen LogP contribution is 2.20. The monoisotopic (exact) mass is 230 g/mol. The third-order valence-corrected chi connectivity index (χ3v) is 2.55. The molecule has 0 saturated heterocycles. The van der Waals surface area contributed by atoms with Crippen LogP contribution in [0.1, 0.15) is 40.5 Å². The summed E-state index contributed by atoms with van der Waals surface area (Å²) in [6.45, 7) is 7.56. The Labute approximate surface area is 97.0 Å². The predicted octanol–water partition coefficient (Wildman–Crippen LogP) is 2.32. The lowest BCUT2D eigenvalue weighted by Gasteiger charge is -2.18. The minimum absolute atomic E-state index is 0.265. The van der Waals surface area contributed by atoms with E-state index in [4.69, 9.17) is 9.84 Å². The first-order valence-corrected chi connectivity index (χ1v) is 5.69. The summed E-state index contributed by atoms with van der Waals surface area (Å²) in [6.07, 6.45) is 1.55. The van der Waals surface area contributed by atoms with Gasteiger partial charge in [-0.25, -0.2) is 0 Å². The number of rotatable bonds is 7. The molecule has 0 aliphatic heterocycles. The fourth-order valence-corrected chi connectivity index (χ4v) is 1.82. The van der Waals surface area contributed by atoms with E-state index in [2.05, 4.69) is 0 Å². The Morgan fingerprint density at radius 3 is 2.12 bits per heavy atom. The summed E-state index contributed by atoms with van der Waals surface area (Å²) in [5.74, 6) is -0.717. The molecular formula is C12H22O4. The van der Waals surface area contributed by atoms with Gasteiger partial charge in [-0.05, 0) is 24.7 Å². The van der Waals surface area contributed by atoms with Gasteiger partial charge in [-0.15, -0.1) is 0 Å². The van der Waals surface area contributed by atoms with Gasteiger partial charge in [0.1, 0.15) is 0 Å². The number of carboxylic acids is 1. The summed E-state index contributed by atoms with van der Waals surface area (Å²) in [5.41, 5.74) is 0. The molecule has 4 heteroatoms. The van der Waals surface area contributed by atoms with E-state index in [0.717, 1.165) is 6.42 Å². The van der Waals surface area contributed by atoms with Gasteiger partial charge in [-0.3, -0.25) is 9.59 Å². The maximum absolute atomic E-state index is 10.7. The maximum Gasteiger partial charge on any atom is 0.306 e. The minimum Gasteiger partial charge on any atom is -0.481 e. The summed E-state index contributed by atoms with van der Waals surface area (Å²) >= 11 is 0. The van der Waals surface area contributed by atoms with E-state index in [1.165, 1.54) is 6.92 Å². The first-order valence-electron chi connectivity index (χ1n) is 5.69. The van der Waals surface area contributed by atoms with Crippen LogP contribution in [-0.2, 0) is 14.3 Å². The van der Waals surface area contributed by atoms with Crippen molar-refractivity contribution in [2.24, 2.45) is 17.8 Å². The Morgan fingerprint density at radius 1 is 1.12 bits per heavy atom. The molecule has 4 nitrogen and oxygen atoms in total. The number of carbonyl (C=O) groups is 2. The lowest BCUT2D eigenvalue weighted by Crippen LogP contribution is -2.17. The topological polar surface area (TPSA) is 63.6 Å². The molecule has 16 heavy (non-hydrogen) atoms. The summed E-state index contributed by atoms with van der Waals surface area (Å²) < 4.78 is 4.90. The van der Waals surface area contributed by atoms with Crippen LogP contribution in [0.4, 0.5) is 0 Å². The number of carbonyl (C=O) groups excluding carboxylic acids is 1. The van der Waals surface area contributed by atoms with Crippen molar-refractivity contribution in [2.45, 2.75) is 40.5 Å². The molecule has 0 heterocycles. The largest absolute Gasteiger partial charge is 0.481 e. The van der Waals surface area contributed by atoms with Gasteiger partial charge < -0.3 is 9.84 Å². The Kier molecular flexibility index (Phi) is 6.77. The van der Waals surface area contributed by atoms with E-state index in [1.807, 2.05) is 13.8 Å². The van der Waals surface area contributed by atoms with E-state index in [1.54, 1.807) is 6.92 Å². The lowest BCUT2D eigenvalue weighted by atomic mass is 9.90. The number of hydrogen-bond acceptors (Lipinski definition) is 3. The molecule has 1 N–H and O–H groups in total. The van der Waals surface area contributed by atoms with Crippen molar-refractivity contribution >= 4 is 11.9 Å². The Hall–Kier alpha value is -1.06. The number of hydrogen-bond donors (Lipinski definition) is 1. The fourth-order valence-electron chi connectivity index (χ4n) is 1.82. The van der Waals surface area contributed by atoms with Crippen molar-refractivity contribution in [3.63, 3.8) is 0 Å². The standard InChI is InChI=1S/C12H22O4/c1-8(6-10(3)12(14)15)5-9(2)7-16-11(4)13/h8-10H,5-7H2,1-4H3,(H,14,15)/t8-,9+,10+/m1/s1. The smallest absolute Gasteiger partial charge is 0.306 e. The van der Waals surface area contributed by atoms with Crippen molar-refractivity contribution in [1.82, 2.24) is 0 Å². The average molecular weight is 230 g/mol. The van der Waals surface area contributed by atoms with Crippen LogP contribution in [0, 0.1) is 17.8 Å². The molecule has 0 radical (unpaired) electrons. The molecule has 3 atom stereocenters. The van der Waals surface area contributed by atoms with Gasteiger partial charge in [0.2, 0.25) is 0 Å². The molecule has 0 amide bonds. The highest BCUT2D eigenvalue weighted by Gasteiger charge is 2.17.